The van der Waals surface area contributed by atoms with Gasteiger partial charge in [-0.25, -0.2) is 0 Å². The van der Waals surface area contributed by atoms with Crippen LogP contribution in [-0.4, -0.2) is 29.5 Å². The topological polar surface area (TPSA) is 110 Å². The Morgan fingerprint density at radius 2 is 1.91 bits per heavy atom. The Morgan fingerprint density at radius 1 is 1.27 bits per heavy atom. The number of nitrogens with zero attached hydrogens (tertiary/aromatic N) is 1. The molecule has 0 aliphatic heterocycles. The lowest BCUT2D eigenvalue weighted by Crippen LogP contribution is -2.52. The second-order valence-electron chi connectivity index (χ2n) is 5.32. The van der Waals surface area contributed by atoms with Crippen LogP contribution in [0.25, 0.3) is 0 Å². The first-order valence-electron chi connectivity index (χ1n) is 7.07. The molecule has 0 atom stereocenters. The number of nitro groups is 1. The number of halogens is 1. The van der Waals surface area contributed by atoms with Gasteiger partial charge in [-0.05, 0) is 18.9 Å². The van der Waals surface area contributed by atoms with Gasteiger partial charge in [-0.1, -0.05) is 25.0 Å². The molecular formula is C14H21ClN4O3. The van der Waals surface area contributed by atoms with Gasteiger partial charge in [-0.2, -0.15) is 0 Å². The number of amides is 1. The molecule has 1 aromatic carbocycles. The van der Waals surface area contributed by atoms with Crippen molar-refractivity contribution in [2.24, 2.45) is 5.73 Å². The van der Waals surface area contributed by atoms with Crippen molar-refractivity contribution in [2.75, 3.05) is 18.4 Å². The Bertz CT molecular complexity index is 533. The fourth-order valence-corrected chi connectivity index (χ4v) is 2.56. The van der Waals surface area contributed by atoms with Crippen molar-refractivity contribution < 1.29 is 9.72 Å². The Morgan fingerprint density at radius 3 is 2.55 bits per heavy atom. The molecule has 122 valence electrons. The number of para-hydroxylation sites is 2. The van der Waals surface area contributed by atoms with Gasteiger partial charge in [-0.3, -0.25) is 14.9 Å². The molecule has 1 aliphatic carbocycles. The lowest BCUT2D eigenvalue weighted by Gasteiger charge is -2.22. The van der Waals surface area contributed by atoms with E-state index in [0.29, 0.717) is 18.8 Å². The van der Waals surface area contributed by atoms with E-state index >= 15 is 0 Å². The molecule has 1 saturated carbocycles. The van der Waals surface area contributed by atoms with E-state index in [9.17, 15) is 14.9 Å². The summed E-state index contributed by atoms with van der Waals surface area (Å²) in [6.07, 6.45) is 3.41. The summed E-state index contributed by atoms with van der Waals surface area (Å²) in [6.45, 7) is 0.788. The fraction of sp³-hybridized carbons (Fsp3) is 0.500. The van der Waals surface area contributed by atoms with Crippen LogP contribution in [0.2, 0.25) is 0 Å². The zero-order valence-corrected chi connectivity index (χ0v) is 13.0. The SMILES string of the molecule is Cl.NC1(C(=O)NCCNc2ccccc2[N+](=O)[O-])CCCC1. The minimum atomic E-state index is -0.737. The number of carbonyl (C=O) groups excluding carboxylic acids is 1. The molecule has 0 unspecified atom stereocenters. The largest absolute Gasteiger partial charge is 0.378 e. The van der Waals surface area contributed by atoms with Gasteiger partial charge in [0.2, 0.25) is 5.91 Å². The molecule has 22 heavy (non-hydrogen) atoms. The van der Waals surface area contributed by atoms with Crippen molar-refractivity contribution in [1.29, 1.82) is 0 Å². The number of rotatable bonds is 6. The molecular weight excluding hydrogens is 308 g/mol. The number of hydrogen-bond donors (Lipinski definition) is 3. The van der Waals surface area contributed by atoms with Crippen LogP contribution in [0.15, 0.2) is 24.3 Å². The van der Waals surface area contributed by atoms with Crippen LogP contribution in [0, 0.1) is 10.1 Å². The van der Waals surface area contributed by atoms with Gasteiger partial charge in [0.15, 0.2) is 0 Å². The number of nitro benzene ring substituents is 1. The number of nitrogens with one attached hydrogen (secondary N) is 2. The molecule has 0 radical (unpaired) electrons. The number of hydrogen-bond acceptors (Lipinski definition) is 5. The van der Waals surface area contributed by atoms with Gasteiger partial charge < -0.3 is 16.4 Å². The van der Waals surface area contributed by atoms with E-state index in [1.54, 1.807) is 18.2 Å². The fourth-order valence-electron chi connectivity index (χ4n) is 2.56. The molecule has 2 rings (SSSR count). The van der Waals surface area contributed by atoms with E-state index < -0.39 is 10.5 Å². The predicted octanol–water partition coefficient (Wildman–Crippen LogP) is 1.82. The average molecular weight is 329 g/mol. The van der Waals surface area contributed by atoms with Crippen molar-refractivity contribution >= 4 is 29.7 Å². The minimum absolute atomic E-state index is 0. The van der Waals surface area contributed by atoms with Crippen LogP contribution in [0.5, 0.6) is 0 Å². The number of nitrogens with two attached hydrogens (primary N) is 1. The van der Waals surface area contributed by atoms with Crippen molar-refractivity contribution in [3.05, 3.63) is 34.4 Å². The van der Waals surface area contributed by atoms with E-state index in [-0.39, 0.29) is 24.0 Å². The Kier molecular flexibility index (Phi) is 6.58. The molecule has 4 N–H and O–H groups in total. The quantitative estimate of drug-likeness (QED) is 0.419. The molecule has 1 fully saturated rings. The third kappa shape index (κ3) is 4.32. The highest BCUT2D eigenvalue weighted by Gasteiger charge is 2.36. The summed E-state index contributed by atoms with van der Waals surface area (Å²) in [4.78, 5) is 22.4. The molecule has 0 spiro atoms. The predicted molar refractivity (Wildman–Crippen MR) is 87.2 cm³/mol. The maximum atomic E-state index is 12.0. The van der Waals surface area contributed by atoms with Gasteiger partial charge in [0.25, 0.3) is 5.69 Å². The summed E-state index contributed by atoms with van der Waals surface area (Å²) in [5.41, 5.74) is 5.77. The summed E-state index contributed by atoms with van der Waals surface area (Å²) >= 11 is 0. The van der Waals surface area contributed by atoms with E-state index in [1.807, 2.05) is 0 Å². The van der Waals surface area contributed by atoms with Gasteiger partial charge in [0, 0.05) is 19.2 Å². The van der Waals surface area contributed by atoms with Crippen molar-refractivity contribution in [3.8, 4) is 0 Å². The standard InChI is InChI=1S/C14H20N4O3.ClH/c15-14(7-3-4-8-14)13(19)17-10-9-16-11-5-1-2-6-12(11)18(20)21;/h1-2,5-6,16H,3-4,7-10,15H2,(H,17,19);1H. The number of benzene rings is 1. The molecule has 0 saturated heterocycles. The summed E-state index contributed by atoms with van der Waals surface area (Å²) in [6, 6.07) is 6.42. The molecule has 8 heteroatoms. The van der Waals surface area contributed by atoms with Crippen molar-refractivity contribution in [1.82, 2.24) is 5.32 Å². The van der Waals surface area contributed by atoms with Crippen LogP contribution >= 0.6 is 12.4 Å². The Balaban J connectivity index is 0.00000242. The first kappa shape index (κ1) is 18.2. The van der Waals surface area contributed by atoms with Crippen molar-refractivity contribution in [3.63, 3.8) is 0 Å². The summed E-state index contributed by atoms with van der Waals surface area (Å²) in [7, 11) is 0. The van der Waals surface area contributed by atoms with Crippen LogP contribution in [0.3, 0.4) is 0 Å². The highest BCUT2D eigenvalue weighted by Crippen LogP contribution is 2.27. The molecule has 1 aliphatic rings. The maximum Gasteiger partial charge on any atom is 0.292 e. The highest BCUT2D eigenvalue weighted by molar-refractivity contribution is 5.86. The summed E-state index contributed by atoms with van der Waals surface area (Å²) < 4.78 is 0. The third-order valence-electron chi connectivity index (χ3n) is 3.77. The maximum absolute atomic E-state index is 12.0. The normalized spacial score (nSPS) is 15.7. The minimum Gasteiger partial charge on any atom is -0.378 e. The van der Waals surface area contributed by atoms with Crippen LogP contribution in [-0.2, 0) is 4.79 Å². The zero-order valence-electron chi connectivity index (χ0n) is 12.2. The first-order valence-corrected chi connectivity index (χ1v) is 7.07. The van der Waals surface area contributed by atoms with Crippen molar-refractivity contribution in [2.45, 2.75) is 31.2 Å². The summed E-state index contributed by atoms with van der Waals surface area (Å²) in [5, 5.41) is 16.6. The lowest BCUT2D eigenvalue weighted by molar-refractivity contribution is -0.384. The smallest absolute Gasteiger partial charge is 0.292 e. The van der Waals surface area contributed by atoms with Gasteiger partial charge in [0.1, 0.15) is 5.69 Å². The van der Waals surface area contributed by atoms with E-state index in [2.05, 4.69) is 10.6 Å². The first-order chi connectivity index (χ1) is 10.0. The molecule has 0 heterocycles. The Labute approximate surface area is 135 Å². The molecule has 1 aromatic rings. The van der Waals surface area contributed by atoms with Crippen LogP contribution in [0.4, 0.5) is 11.4 Å². The number of carbonyl (C=O) groups is 1. The second-order valence-corrected chi connectivity index (χ2v) is 5.32. The van der Waals surface area contributed by atoms with Gasteiger partial charge in [-0.15, -0.1) is 12.4 Å². The third-order valence-corrected chi connectivity index (χ3v) is 3.77. The summed E-state index contributed by atoms with van der Waals surface area (Å²) in [5.74, 6) is -0.135. The van der Waals surface area contributed by atoms with E-state index in [0.717, 1.165) is 25.7 Å². The van der Waals surface area contributed by atoms with Crippen LogP contribution < -0.4 is 16.4 Å². The monoisotopic (exact) mass is 328 g/mol. The lowest BCUT2D eigenvalue weighted by atomic mass is 9.98. The molecule has 1 amide bonds. The van der Waals surface area contributed by atoms with Gasteiger partial charge >= 0.3 is 0 Å². The molecule has 7 nitrogen and oxygen atoms in total. The molecule has 0 bridgehead atoms. The van der Waals surface area contributed by atoms with E-state index in [4.69, 9.17) is 5.73 Å². The Hall–Kier alpha value is -1.86. The second kappa shape index (κ2) is 7.95. The average Bonchev–Trinajstić information content (AvgIpc) is 2.92. The highest BCUT2D eigenvalue weighted by atomic mass is 35.5. The van der Waals surface area contributed by atoms with Gasteiger partial charge in [0.05, 0.1) is 10.5 Å². The number of anilines is 1. The molecule has 0 aromatic heterocycles. The zero-order chi connectivity index (χ0) is 15.3. The van der Waals surface area contributed by atoms with E-state index in [1.165, 1.54) is 6.07 Å². The van der Waals surface area contributed by atoms with Crippen LogP contribution in [0.1, 0.15) is 25.7 Å².